The second kappa shape index (κ2) is 8.50. The average molecular weight is 386 g/mol. The highest BCUT2D eigenvalue weighted by atomic mass is 35.5. The van der Waals surface area contributed by atoms with E-state index in [1.165, 1.54) is 6.33 Å². The van der Waals surface area contributed by atoms with E-state index < -0.39 is 0 Å². The van der Waals surface area contributed by atoms with E-state index in [0.29, 0.717) is 35.4 Å². The van der Waals surface area contributed by atoms with Crippen LogP contribution in [-0.2, 0) is 0 Å². The van der Waals surface area contributed by atoms with E-state index in [-0.39, 0.29) is 6.03 Å². The molecule has 2 aromatic heterocycles. The van der Waals surface area contributed by atoms with Gasteiger partial charge < -0.3 is 16.0 Å². The Hall–Kier alpha value is -3.13. The van der Waals surface area contributed by atoms with Crippen molar-refractivity contribution >= 4 is 29.1 Å². The number of rotatable bonds is 6. The van der Waals surface area contributed by atoms with Gasteiger partial charge in [0.2, 0.25) is 0 Å². The first-order valence-corrected chi connectivity index (χ1v) is 8.79. The first-order valence-electron chi connectivity index (χ1n) is 8.41. The van der Waals surface area contributed by atoms with Crippen molar-refractivity contribution in [3.8, 4) is 5.82 Å². The van der Waals surface area contributed by atoms with Crippen molar-refractivity contribution in [1.82, 2.24) is 25.1 Å². The van der Waals surface area contributed by atoms with Gasteiger partial charge in [-0.15, -0.1) is 0 Å². The molecule has 1 aromatic carbocycles. The van der Waals surface area contributed by atoms with Crippen LogP contribution in [0.5, 0.6) is 0 Å². The van der Waals surface area contributed by atoms with Crippen molar-refractivity contribution in [3.63, 3.8) is 0 Å². The molecule has 0 unspecified atom stereocenters. The smallest absolute Gasteiger partial charge is 0.319 e. The second-order valence-corrected chi connectivity index (χ2v) is 6.35. The van der Waals surface area contributed by atoms with E-state index in [0.717, 1.165) is 11.4 Å². The van der Waals surface area contributed by atoms with Crippen LogP contribution in [0.2, 0.25) is 5.02 Å². The summed E-state index contributed by atoms with van der Waals surface area (Å²) in [7, 11) is 0. The molecule has 3 aromatic rings. The maximum atomic E-state index is 11.9. The molecule has 0 aliphatic heterocycles. The van der Waals surface area contributed by atoms with E-state index >= 15 is 0 Å². The lowest BCUT2D eigenvalue weighted by molar-refractivity contribution is 0.252. The summed E-state index contributed by atoms with van der Waals surface area (Å²) in [6, 6.07) is 10.4. The van der Waals surface area contributed by atoms with Crippen LogP contribution in [-0.4, -0.2) is 38.9 Å². The van der Waals surface area contributed by atoms with Crippen LogP contribution in [0.4, 0.5) is 16.3 Å². The summed E-state index contributed by atoms with van der Waals surface area (Å²) >= 11 is 5.82. The lowest BCUT2D eigenvalue weighted by atomic mass is 10.3. The standard InChI is InChI=1S/C18H20ClN7O/c1-12-9-13(2)26(25-12)17-10-16(22-11-23-17)20-7-8-21-18(27)24-15-5-3-14(19)4-6-15/h3-6,9-11H,7-8H2,1-2H3,(H,20,22,23)(H2,21,24,27). The molecule has 0 saturated heterocycles. The quantitative estimate of drug-likeness (QED) is 0.566. The van der Waals surface area contributed by atoms with Gasteiger partial charge in [-0.2, -0.15) is 5.10 Å². The number of urea groups is 1. The molecular weight excluding hydrogens is 366 g/mol. The zero-order valence-corrected chi connectivity index (χ0v) is 15.8. The van der Waals surface area contributed by atoms with E-state index in [4.69, 9.17) is 11.6 Å². The molecule has 0 spiro atoms. The molecule has 3 N–H and O–H groups in total. The third-order valence-corrected chi connectivity index (χ3v) is 3.95. The molecule has 0 radical (unpaired) electrons. The zero-order chi connectivity index (χ0) is 19.2. The highest BCUT2D eigenvalue weighted by Crippen LogP contribution is 2.13. The number of aromatic nitrogens is 4. The minimum Gasteiger partial charge on any atom is -0.368 e. The van der Waals surface area contributed by atoms with Crippen LogP contribution >= 0.6 is 11.6 Å². The molecule has 0 fully saturated rings. The Morgan fingerprint density at radius 1 is 1.11 bits per heavy atom. The monoisotopic (exact) mass is 385 g/mol. The summed E-state index contributed by atoms with van der Waals surface area (Å²) in [6.07, 6.45) is 1.48. The molecule has 140 valence electrons. The van der Waals surface area contributed by atoms with Crippen molar-refractivity contribution in [1.29, 1.82) is 0 Å². The van der Waals surface area contributed by atoms with Crippen molar-refractivity contribution in [2.24, 2.45) is 0 Å². The van der Waals surface area contributed by atoms with Crippen molar-refractivity contribution in [2.75, 3.05) is 23.7 Å². The van der Waals surface area contributed by atoms with E-state index in [1.807, 2.05) is 26.0 Å². The van der Waals surface area contributed by atoms with Gasteiger partial charge in [0.25, 0.3) is 0 Å². The lowest BCUT2D eigenvalue weighted by Crippen LogP contribution is -2.32. The fourth-order valence-electron chi connectivity index (χ4n) is 2.50. The third kappa shape index (κ3) is 5.18. The van der Waals surface area contributed by atoms with Crippen molar-refractivity contribution in [3.05, 3.63) is 59.1 Å². The largest absolute Gasteiger partial charge is 0.368 e. The molecule has 2 heterocycles. The molecule has 9 heteroatoms. The molecule has 0 saturated carbocycles. The number of carbonyl (C=O) groups is 1. The number of hydrogen-bond donors (Lipinski definition) is 3. The van der Waals surface area contributed by atoms with Crippen LogP contribution in [0, 0.1) is 13.8 Å². The maximum absolute atomic E-state index is 11.9. The third-order valence-electron chi connectivity index (χ3n) is 3.70. The number of nitrogens with one attached hydrogen (secondary N) is 3. The SMILES string of the molecule is Cc1cc(C)n(-c2cc(NCCNC(=O)Nc3ccc(Cl)cc3)ncn2)n1. The van der Waals surface area contributed by atoms with Gasteiger partial charge in [-0.25, -0.2) is 19.4 Å². The Morgan fingerprint density at radius 3 is 2.59 bits per heavy atom. The van der Waals surface area contributed by atoms with Gasteiger partial charge >= 0.3 is 6.03 Å². The number of benzene rings is 1. The van der Waals surface area contributed by atoms with Gasteiger partial charge in [-0.05, 0) is 44.2 Å². The number of nitrogens with zero attached hydrogens (tertiary/aromatic N) is 4. The summed E-state index contributed by atoms with van der Waals surface area (Å²) in [4.78, 5) is 20.3. The van der Waals surface area contributed by atoms with Gasteiger partial charge in [0.15, 0.2) is 5.82 Å². The van der Waals surface area contributed by atoms with E-state index in [2.05, 4.69) is 31.0 Å². The predicted molar refractivity (Wildman–Crippen MR) is 106 cm³/mol. The number of anilines is 2. The Labute approximate surface area is 162 Å². The number of amides is 2. The Bertz CT molecular complexity index is 924. The van der Waals surface area contributed by atoms with Gasteiger partial charge in [-0.3, -0.25) is 0 Å². The lowest BCUT2D eigenvalue weighted by Gasteiger charge is -2.10. The average Bonchev–Trinajstić information content (AvgIpc) is 2.99. The van der Waals surface area contributed by atoms with Gasteiger partial charge in [-0.1, -0.05) is 11.6 Å². The highest BCUT2D eigenvalue weighted by molar-refractivity contribution is 6.30. The topological polar surface area (TPSA) is 96.8 Å². The minimum absolute atomic E-state index is 0.287. The summed E-state index contributed by atoms with van der Waals surface area (Å²) in [6.45, 7) is 4.85. The minimum atomic E-state index is -0.287. The zero-order valence-electron chi connectivity index (χ0n) is 15.0. The van der Waals surface area contributed by atoms with Gasteiger partial charge in [0.05, 0.1) is 5.69 Å². The number of hydrogen-bond acceptors (Lipinski definition) is 5. The van der Waals surface area contributed by atoms with Crippen molar-refractivity contribution < 1.29 is 4.79 Å². The van der Waals surface area contributed by atoms with E-state index in [9.17, 15) is 4.79 Å². The van der Waals surface area contributed by atoms with E-state index in [1.54, 1.807) is 28.9 Å². The van der Waals surface area contributed by atoms with Crippen LogP contribution in [0.1, 0.15) is 11.4 Å². The molecule has 3 rings (SSSR count). The van der Waals surface area contributed by atoms with Crippen LogP contribution in [0.25, 0.3) is 5.82 Å². The van der Waals surface area contributed by atoms with Gasteiger partial charge in [0.1, 0.15) is 12.1 Å². The summed E-state index contributed by atoms with van der Waals surface area (Å²) in [5.74, 6) is 1.35. The molecule has 2 amide bonds. The molecule has 8 nitrogen and oxygen atoms in total. The maximum Gasteiger partial charge on any atom is 0.319 e. The number of aryl methyl sites for hydroxylation is 2. The van der Waals surface area contributed by atoms with Crippen LogP contribution in [0.15, 0.2) is 42.7 Å². The second-order valence-electron chi connectivity index (χ2n) is 5.91. The fraction of sp³-hybridized carbons (Fsp3) is 0.222. The molecule has 0 bridgehead atoms. The van der Waals surface area contributed by atoms with Crippen molar-refractivity contribution in [2.45, 2.75) is 13.8 Å². The number of carbonyl (C=O) groups excluding carboxylic acids is 1. The van der Waals surface area contributed by atoms with Gasteiger partial charge in [0, 0.05) is 35.6 Å². The van der Waals surface area contributed by atoms with Crippen LogP contribution in [0.3, 0.4) is 0 Å². The molecule has 0 atom stereocenters. The molecular formula is C18H20ClN7O. The first-order chi connectivity index (χ1) is 13.0. The Kier molecular flexibility index (Phi) is 5.87. The highest BCUT2D eigenvalue weighted by Gasteiger charge is 2.06. The number of halogens is 1. The predicted octanol–water partition coefficient (Wildman–Crippen LogP) is 3.17. The fourth-order valence-corrected chi connectivity index (χ4v) is 2.62. The molecule has 0 aliphatic rings. The molecule has 0 aliphatic carbocycles. The normalized spacial score (nSPS) is 10.5. The molecule has 27 heavy (non-hydrogen) atoms. The summed E-state index contributed by atoms with van der Waals surface area (Å²) in [5.41, 5.74) is 2.60. The summed E-state index contributed by atoms with van der Waals surface area (Å²) in [5, 5.41) is 13.7. The summed E-state index contributed by atoms with van der Waals surface area (Å²) < 4.78 is 1.76. The first kappa shape index (κ1) is 18.7. The Balaban J connectivity index is 1.48. The van der Waals surface area contributed by atoms with Crippen LogP contribution < -0.4 is 16.0 Å². The Morgan fingerprint density at radius 2 is 1.89 bits per heavy atom.